The molecule has 0 spiro atoms. The fourth-order valence-electron chi connectivity index (χ4n) is 2.72. The van der Waals surface area contributed by atoms with Crippen molar-refractivity contribution in [3.63, 3.8) is 0 Å². The SMILES string of the molecule is CCCn1cc(S(=O)(=O)N2CCC(CC)C2)cc1CCl. The Labute approximate surface area is 126 Å². The molecule has 0 aromatic carbocycles. The average Bonchev–Trinajstić information content (AvgIpc) is 3.05. The summed E-state index contributed by atoms with van der Waals surface area (Å²) < 4.78 is 28.9. The molecule has 0 amide bonds. The first kappa shape index (κ1) is 15.9. The van der Waals surface area contributed by atoms with Crippen LogP contribution in [0, 0.1) is 5.92 Å². The molecule has 0 radical (unpaired) electrons. The molecule has 1 aliphatic rings. The smallest absolute Gasteiger partial charge is 0.244 e. The molecule has 6 heteroatoms. The van der Waals surface area contributed by atoms with Gasteiger partial charge in [-0.1, -0.05) is 20.3 Å². The highest BCUT2D eigenvalue weighted by atomic mass is 35.5. The van der Waals surface area contributed by atoms with Crippen LogP contribution in [0.1, 0.15) is 38.8 Å². The molecule has 0 saturated carbocycles. The van der Waals surface area contributed by atoms with Crippen LogP contribution in [0.3, 0.4) is 0 Å². The van der Waals surface area contributed by atoms with Crippen molar-refractivity contribution in [2.24, 2.45) is 5.92 Å². The maximum absolute atomic E-state index is 12.7. The summed E-state index contributed by atoms with van der Waals surface area (Å²) in [5.74, 6) is 0.836. The number of hydrogen-bond acceptors (Lipinski definition) is 2. The largest absolute Gasteiger partial charge is 0.349 e. The fourth-order valence-corrected chi connectivity index (χ4v) is 4.55. The molecule has 1 aromatic heterocycles. The lowest BCUT2D eigenvalue weighted by Crippen LogP contribution is -2.28. The summed E-state index contributed by atoms with van der Waals surface area (Å²) in [7, 11) is -3.36. The van der Waals surface area contributed by atoms with E-state index in [4.69, 9.17) is 11.6 Å². The van der Waals surface area contributed by atoms with E-state index < -0.39 is 10.0 Å². The van der Waals surface area contributed by atoms with Gasteiger partial charge in [-0.3, -0.25) is 0 Å². The number of rotatable bonds is 6. The zero-order valence-corrected chi connectivity index (χ0v) is 13.8. The van der Waals surface area contributed by atoms with Crippen LogP contribution in [0.25, 0.3) is 0 Å². The molecular formula is C14H23ClN2O2S. The van der Waals surface area contributed by atoms with Crippen LogP contribution in [0.4, 0.5) is 0 Å². The number of sulfonamides is 1. The number of hydrogen-bond donors (Lipinski definition) is 0. The maximum atomic E-state index is 12.7. The summed E-state index contributed by atoms with van der Waals surface area (Å²) in [5, 5.41) is 0. The molecule has 2 heterocycles. The number of aromatic nitrogens is 1. The van der Waals surface area contributed by atoms with E-state index in [2.05, 4.69) is 13.8 Å². The van der Waals surface area contributed by atoms with Crippen molar-refractivity contribution < 1.29 is 8.42 Å². The molecule has 1 fully saturated rings. The lowest BCUT2D eigenvalue weighted by atomic mass is 10.1. The molecule has 1 saturated heterocycles. The highest BCUT2D eigenvalue weighted by Crippen LogP contribution is 2.27. The second kappa shape index (κ2) is 6.50. The first-order chi connectivity index (χ1) is 9.52. The Morgan fingerprint density at radius 3 is 2.70 bits per heavy atom. The Morgan fingerprint density at radius 1 is 1.40 bits per heavy atom. The van der Waals surface area contributed by atoms with E-state index in [0.29, 0.717) is 29.8 Å². The Hall–Kier alpha value is -0.520. The average molecular weight is 319 g/mol. The second-order valence-electron chi connectivity index (χ2n) is 5.42. The zero-order chi connectivity index (χ0) is 14.8. The molecule has 2 rings (SSSR count). The normalized spacial score (nSPS) is 20.6. The van der Waals surface area contributed by atoms with Gasteiger partial charge in [0.25, 0.3) is 0 Å². The van der Waals surface area contributed by atoms with E-state index in [0.717, 1.165) is 31.5 Å². The molecule has 0 bridgehead atoms. The summed E-state index contributed by atoms with van der Waals surface area (Å²) in [4.78, 5) is 0.387. The van der Waals surface area contributed by atoms with E-state index in [-0.39, 0.29) is 0 Å². The minimum atomic E-state index is -3.36. The number of nitrogens with zero attached hydrogens (tertiary/aromatic N) is 2. The molecule has 4 nitrogen and oxygen atoms in total. The van der Waals surface area contributed by atoms with Crippen molar-refractivity contribution in [1.29, 1.82) is 0 Å². The van der Waals surface area contributed by atoms with Crippen LogP contribution in [0.5, 0.6) is 0 Å². The van der Waals surface area contributed by atoms with E-state index in [1.54, 1.807) is 16.6 Å². The minimum absolute atomic E-state index is 0.340. The van der Waals surface area contributed by atoms with Crippen LogP contribution in [-0.4, -0.2) is 30.4 Å². The van der Waals surface area contributed by atoms with Gasteiger partial charge < -0.3 is 4.57 Å². The first-order valence-electron chi connectivity index (χ1n) is 7.28. The first-order valence-corrected chi connectivity index (χ1v) is 9.25. The summed E-state index contributed by atoms with van der Waals surface area (Å²) in [6.45, 7) is 6.27. The molecule has 1 aromatic rings. The van der Waals surface area contributed by atoms with Crippen molar-refractivity contribution in [1.82, 2.24) is 8.87 Å². The summed E-state index contributed by atoms with van der Waals surface area (Å²) in [6.07, 6.45) is 4.69. The van der Waals surface area contributed by atoms with E-state index in [1.807, 2.05) is 4.57 Å². The molecular weight excluding hydrogens is 296 g/mol. The molecule has 1 unspecified atom stereocenters. The van der Waals surface area contributed by atoms with Gasteiger partial charge in [-0.25, -0.2) is 8.42 Å². The monoisotopic (exact) mass is 318 g/mol. The second-order valence-corrected chi connectivity index (χ2v) is 7.63. The van der Waals surface area contributed by atoms with Crippen molar-refractivity contribution >= 4 is 21.6 Å². The maximum Gasteiger partial charge on any atom is 0.244 e. The fraction of sp³-hybridized carbons (Fsp3) is 0.714. The Kier molecular flexibility index (Phi) is 5.15. The molecule has 1 aliphatic heterocycles. The van der Waals surface area contributed by atoms with E-state index in [1.165, 1.54) is 0 Å². The third kappa shape index (κ3) is 3.05. The van der Waals surface area contributed by atoms with E-state index >= 15 is 0 Å². The van der Waals surface area contributed by atoms with Crippen LogP contribution in [0.2, 0.25) is 0 Å². The molecule has 1 atom stereocenters. The van der Waals surface area contributed by atoms with Crippen molar-refractivity contribution in [3.05, 3.63) is 18.0 Å². The molecule has 0 N–H and O–H groups in total. The minimum Gasteiger partial charge on any atom is -0.349 e. The topological polar surface area (TPSA) is 42.3 Å². The number of aryl methyl sites for hydroxylation is 1. The number of halogens is 1. The van der Waals surface area contributed by atoms with Gasteiger partial charge in [0.05, 0.1) is 5.88 Å². The zero-order valence-electron chi connectivity index (χ0n) is 12.2. The number of alkyl halides is 1. The quantitative estimate of drug-likeness (QED) is 0.756. The van der Waals surface area contributed by atoms with E-state index in [9.17, 15) is 8.42 Å². The summed E-state index contributed by atoms with van der Waals surface area (Å²) in [5.41, 5.74) is 0.873. The van der Waals surface area contributed by atoms with Gasteiger partial charge in [-0.2, -0.15) is 4.31 Å². The Morgan fingerprint density at radius 2 is 2.15 bits per heavy atom. The van der Waals surface area contributed by atoms with Gasteiger partial charge in [-0.15, -0.1) is 11.6 Å². The summed E-state index contributed by atoms with van der Waals surface area (Å²) >= 11 is 5.91. The molecule has 20 heavy (non-hydrogen) atoms. The van der Waals surface area contributed by atoms with Crippen LogP contribution in [-0.2, 0) is 22.4 Å². The van der Waals surface area contributed by atoms with Crippen LogP contribution >= 0.6 is 11.6 Å². The lowest BCUT2D eigenvalue weighted by molar-refractivity contribution is 0.453. The van der Waals surface area contributed by atoms with Crippen molar-refractivity contribution in [2.75, 3.05) is 13.1 Å². The molecule has 0 aliphatic carbocycles. The van der Waals surface area contributed by atoms with Gasteiger partial charge in [0, 0.05) is 31.5 Å². The predicted molar refractivity (Wildman–Crippen MR) is 81.4 cm³/mol. The third-order valence-electron chi connectivity index (χ3n) is 4.03. The Balaban J connectivity index is 2.26. The Bertz CT molecular complexity index is 554. The van der Waals surface area contributed by atoms with Gasteiger partial charge in [-0.05, 0) is 24.8 Å². The van der Waals surface area contributed by atoms with Gasteiger partial charge >= 0.3 is 0 Å². The standard InChI is InChI=1S/C14H23ClN2O2S/c1-3-6-16-11-14(8-13(16)9-15)20(18,19)17-7-5-12(4-2)10-17/h8,11-12H,3-7,9-10H2,1-2H3. The van der Waals surface area contributed by atoms with Crippen molar-refractivity contribution in [2.45, 2.75) is 50.4 Å². The van der Waals surface area contributed by atoms with Crippen LogP contribution < -0.4 is 0 Å². The lowest BCUT2D eigenvalue weighted by Gasteiger charge is -2.15. The highest BCUT2D eigenvalue weighted by molar-refractivity contribution is 7.89. The van der Waals surface area contributed by atoms with Gasteiger partial charge in [0.2, 0.25) is 10.0 Å². The highest BCUT2D eigenvalue weighted by Gasteiger charge is 2.32. The van der Waals surface area contributed by atoms with Crippen LogP contribution in [0.15, 0.2) is 17.2 Å². The third-order valence-corrected chi connectivity index (χ3v) is 6.13. The van der Waals surface area contributed by atoms with Gasteiger partial charge in [0.15, 0.2) is 0 Å². The summed E-state index contributed by atoms with van der Waals surface area (Å²) in [6, 6.07) is 1.72. The van der Waals surface area contributed by atoms with Gasteiger partial charge in [0.1, 0.15) is 4.90 Å². The predicted octanol–water partition coefficient (Wildman–Crippen LogP) is 3.06. The van der Waals surface area contributed by atoms with Crippen molar-refractivity contribution in [3.8, 4) is 0 Å². The molecule has 114 valence electrons.